The van der Waals surface area contributed by atoms with E-state index in [1.165, 1.54) is 16.1 Å². The highest BCUT2D eigenvalue weighted by atomic mass is 79.9. The molecule has 4 heteroatoms. The predicted octanol–water partition coefficient (Wildman–Crippen LogP) is 4.04. The molecule has 1 aromatic carbocycles. The van der Waals surface area contributed by atoms with Crippen LogP contribution in [0.1, 0.15) is 17.4 Å². The van der Waals surface area contributed by atoms with Crippen LogP contribution in [0.3, 0.4) is 0 Å². The van der Waals surface area contributed by atoms with Crippen molar-refractivity contribution in [1.29, 1.82) is 0 Å². The number of nitrogens with two attached hydrogens (primary N) is 1. The van der Waals surface area contributed by atoms with Crippen LogP contribution in [0.25, 0.3) is 0 Å². The van der Waals surface area contributed by atoms with Crippen LogP contribution in [0.15, 0.2) is 40.2 Å². The third-order valence-electron chi connectivity index (χ3n) is 2.96. The highest BCUT2D eigenvalue weighted by Crippen LogP contribution is 2.25. The van der Waals surface area contributed by atoms with Crippen LogP contribution in [-0.4, -0.2) is 13.1 Å². The van der Waals surface area contributed by atoms with Crippen LogP contribution in [0.5, 0.6) is 0 Å². The van der Waals surface area contributed by atoms with E-state index in [4.69, 9.17) is 5.73 Å². The number of rotatable bonds is 5. The van der Waals surface area contributed by atoms with E-state index >= 15 is 0 Å². The average Bonchev–Trinajstić information content (AvgIpc) is 2.74. The molecule has 0 spiro atoms. The van der Waals surface area contributed by atoms with E-state index in [2.05, 4.69) is 63.6 Å². The van der Waals surface area contributed by atoms with E-state index in [0.717, 1.165) is 17.4 Å². The zero-order valence-corrected chi connectivity index (χ0v) is 13.7. The summed E-state index contributed by atoms with van der Waals surface area (Å²) in [5.41, 5.74) is 8.51. The molecule has 0 aliphatic heterocycles. The molecule has 0 saturated carbocycles. The minimum Gasteiger partial charge on any atom is -0.369 e. The Morgan fingerprint density at radius 2 is 2.11 bits per heavy atom. The van der Waals surface area contributed by atoms with E-state index in [0.29, 0.717) is 0 Å². The number of nitrogens with zero attached hydrogens (tertiary/aromatic N) is 1. The maximum Gasteiger partial charge on any atom is 0.0520 e. The molecule has 0 bridgehead atoms. The Bertz CT molecular complexity index is 536. The monoisotopic (exact) mass is 338 g/mol. The summed E-state index contributed by atoms with van der Waals surface area (Å²) in [5, 5.41) is 2.12. The summed E-state index contributed by atoms with van der Waals surface area (Å²) in [6.45, 7) is 2.97. The quantitative estimate of drug-likeness (QED) is 0.891. The van der Waals surface area contributed by atoms with Gasteiger partial charge in [0.2, 0.25) is 0 Å². The molecule has 0 saturated heterocycles. The Balaban J connectivity index is 2.16. The summed E-state index contributed by atoms with van der Waals surface area (Å²) in [7, 11) is 2.13. The SMILES string of the molecule is CC(N)Cc1ccccc1N(C)Cc1cc(Br)cs1. The molecule has 0 fully saturated rings. The molecule has 19 heavy (non-hydrogen) atoms. The summed E-state index contributed by atoms with van der Waals surface area (Å²) in [4.78, 5) is 3.64. The summed E-state index contributed by atoms with van der Waals surface area (Å²) in [6, 6.07) is 10.9. The zero-order valence-electron chi connectivity index (χ0n) is 11.3. The van der Waals surface area contributed by atoms with Crippen LogP contribution in [0.2, 0.25) is 0 Å². The van der Waals surface area contributed by atoms with Gasteiger partial charge in [0.25, 0.3) is 0 Å². The molecule has 2 nitrogen and oxygen atoms in total. The van der Waals surface area contributed by atoms with Gasteiger partial charge >= 0.3 is 0 Å². The molecule has 2 N–H and O–H groups in total. The molecule has 1 heterocycles. The first-order valence-electron chi connectivity index (χ1n) is 6.34. The van der Waals surface area contributed by atoms with Gasteiger partial charge in [0.1, 0.15) is 0 Å². The van der Waals surface area contributed by atoms with Crippen molar-refractivity contribution in [2.75, 3.05) is 11.9 Å². The average molecular weight is 339 g/mol. The van der Waals surface area contributed by atoms with E-state index in [1.807, 2.05) is 6.92 Å². The summed E-state index contributed by atoms with van der Waals surface area (Å²) >= 11 is 5.28. The number of anilines is 1. The van der Waals surface area contributed by atoms with E-state index in [9.17, 15) is 0 Å². The molecular weight excluding hydrogens is 320 g/mol. The van der Waals surface area contributed by atoms with Gasteiger partial charge in [-0.25, -0.2) is 0 Å². The van der Waals surface area contributed by atoms with Crippen LogP contribution in [0, 0.1) is 0 Å². The standard InChI is InChI=1S/C15H19BrN2S/c1-11(17)7-12-5-3-4-6-15(12)18(2)9-14-8-13(16)10-19-14/h3-6,8,10-11H,7,9,17H2,1-2H3. The molecule has 1 atom stereocenters. The van der Waals surface area contributed by atoms with Crippen LogP contribution >= 0.6 is 27.3 Å². The molecule has 2 rings (SSSR count). The fourth-order valence-corrected chi connectivity index (χ4v) is 3.66. The summed E-state index contributed by atoms with van der Waals surface area (Å²) < 4.78 is 1.16. The van der Waals surface area contributed by atoms with Gasteiger partial charge in [-0.2, -0.15) is 0 Å². The van der Waals surface area contributed by atoms with Crippen LogP contribution in [-0.2, 0) is 13.0 Å². The number of thiophene rings is 1. The molecular formula is C15H19BrN2S. The van der Waals surface area contributed by atoms with Gasteiger partial charge < -0.3 is 10.6 Å². The highest BCUT2D eigenvalue weighted by molar-refractivity contribution is 9.10. The lowest BCUT2D eigenvalue weighted by molar-refractivity contribution is 0.734. The van der Waals surface area contributed by atoms with Crippen molar-refractivity contribution in [3.05, 3.63) is 50.6 Å². The van der Waals surface area contributed by atoms with Crippen molar-refractivity contribution >= 4 is 33.0 Å². The zero-order chi connectivity index (χ0) is 13.8. The summed E-state index contributed by atoms with van der Waals surface area (Å²) in [6.07, 6.45) is 0.911. The summed E-state index contributed by atoms with van der Waals surface area (Å²) in [5.74, 6) is 0. The second kappa shape index (κ2) is 6.55. The first-order chi connectivity index (χ1) is 9.06. The molecule has 0 aliphatic rings. The second-order valence-electron chi connectivity index (χ2n) is 4.90. The van der Waals surface area contributed by atoms with Crippen molar-refractivity contribution in [3.63, 3.8) is 0 Å². The number of halogens is 1. The molecule has 0 amide bonds. The topological polar surface area (TPSA) is 29.3 Å². The van der Waals surface area contributed by atoms with Crippen molar-refractivity contribution < 1.29 is 0 Å². The maximum atomic E-state index is 5.93. The fourth-order valence-electron chi connectivity index (χ4n) is 2.16. The number of hydrogen-bond donors (Lipinski definition) is 1. The first kappa shape index (κ1) is 14.6. The molecule has 1 aromatic heterocycles. The molecule has 0 aliphatic carbocycles. The predicted molar refractivity (Wildman–Crippen MR) is 87.9 cm³/mol. The minimum atomic E-state index is 0.186. The van der Waals surface area contributed by atoms with Gasteiger partial charge in [0, 0.05) is 33.5 Å². The lowest BCUT2D eigenvalue weighted by Crippen LogP contribution is -2.22. The fraction of sp³-hybridized carbons (Fsp3) is 0.333. The number of benzene rings is 1. The van der Waals surface area contributed by atoms with Gasteiger partial charge in [-0.1, -0.05) is 18.2 Å². The van der Waals surface area contributed by atoms with Gasteiger partial charge in [-0.15, -0.1) is 11.3 Å². The van der Waals surface area contributed by atoms with Crippen LogP contribution in [0.4, 0.5) is 5.69 Å². The maximum absolute atomic E-state index is 5.93. The highest BCUT2D eigenvalue weighted by Gasteiger charge is 2.10. The number of para-hydroxylation sites is 1. The van der Waals surface area contributed by atoms with Crippen molar-refractivity contribution in [2.24, 2.45) is 5.73 Å². The Morgan fingerprint density at radius 1 is 1.37 bits per heavy atom. The Morgan fingerprint density at radius 3 is 2.74 bits per heavy atom. The van der Waals surface area contributed by atoms with E-state index < -0.39 is 0 Å². The Labute approximate surface area is 127 Å². The van der Waals surface area contributed by atoms with Gasteiger partial charge in [-0.05, 0) is 47.0 Å². The number of hydrogen-bond acceptors (Lipinski definition) is 3. The van der Waals surface area contributed by atoms with E-state index in [1.54, 1.807) is 11.3 Å². The van der Waals surface area contributed by atoms with E-state index in [-0.39, 0.29) is 6.04 Å². The lowest BCUT2D eigenvalue weighted by Gasteiger charge is -2.22. The molecule has 1 unspecified atom stereocenters. The van der Waals surface area contributed by atoms with Gasteiger partial charge in [-0.3, -0.25) is 0 Å². The third-order valence-corrected chi connectivity index (χ3v) is 4.64. The first-order valence-corrected chi connectivity index (χ1v) is 8.01. The molecule has 2 aromatic rings. The lowest BCUT2D eigenvalue weighted by atomic mass is 10.0. The smallest absolute Gasteiger partial charge is 0.0520 e. The van der Waals surface area contributed by atoms with Crippen molar-refractivity contribution in [1.82, 2.24) is 0 Å². The molecule has 0 radical (unpaired) electrons. The minimum absolute atomic E-state index is 0.186. The second-order valence-corrected chi connectivity index (χ2v) is 6.81. The normalized spacial score (nSPS) is 12.4. The van der Waals surface area contributed by atoms with Crippen LogP contribution < -0.4 is 10.6 Å². The third kappa shape index (κ3) is 4.06. The Hall–Kier alpha value is -0.840. The van der Waals surface area contributed by atoms with Crippen molar-refractivity contribution in [3.8, 4) is 0 Å². The molecule has 102 valence electrons. The largest absolute Gasteiger partial charge is 0.369 e. The van der Waals surface area contributed by atoms with Crippen molar-refractivity contribution in [2.45, 2.75) is 25.9 Å². The van der Waals surface area contributed by atoms with Gasteiger partial charge in [0.15, 0.2) is 0 Å². The van der Waals surface area contributed by atoms with Gasteiger partial charge in [0.05, 0.1) is 6.54 Å². The Kier molecular flexibility index (Phi) is 5.02.